The highest BCUT2D eigenvalue weighted by Crippen LogP contribution is 2.18. The lowest BCUT2D eigenvalue weighted by Gasteiger charge is -2.19. The number of ether oxygens (including phenoxy) is 1. The number of rotatable bonds is 3. The standard InChI is InChI=1S/C10H17N3O/c1-7-12-6-8(5-10(2,3)11)9(13-7)14-4/h6H,5,11H2,1-4H3. The highest BCUT2D eigenvalue weighted by atomic mass is 16.5. The van der Waals surface area contributed by atoms with E-state index in [1.807, 2.05) is 20.8 Å². The molecule has 0 spiro atoms. The summed E-state index contributed by atoms with van der Waals surface area (Å²) in [6.07, 6.45) is 2.48. The van der Waals surface area contributed by atoms with E-state index in [1.165, 1.54) is 0 Å². The summed E-state index contributed by atoms with van der Waals surface area (Å²) >= 11 is 0. The predicted molar refractivity (Wildman–Crippen MR) is 55.3 cm³/mol. The Balaban J connectivity index is 2.97. The minimum atomic E-state index is -0.272. The molecular formula is C10H17N3O. The summed E-state index contributed by atoms with van der Waals surface area (Å²) < 4.78 is 5.17. The van der Waals surface area contributed by atoms with Crippen LogP contribution in [0.5, 0.6) is 5.88 Å². The first kappa shape index (κ1) is 10.9. The van der Waals surface area contributed by atoms with Crippen molar-refractivity contribution in [2.24, 2.45) is 5.73 Å². The van der Waals surface area contributed by atoms with Crippen LogP contribution >= 0.6 is 0 Å². The maximum atomic E-state index is 5.92. The van der Waals surface area contributed by atoms with Gasteiger partial charge < -0.3 is 10.5 Å². The van der Waals surface area contributed by atoms with Crippen molar-refractivity contribution in [3.8, 4) is 5.88 Å². The summed E-state index contributed by atoms with van der Waals surface area (Å²) in [6, 6.07) is 0. The Bertz CT molecular complexity index is 318. The fourth-order valence-electron chi connectivity index (χ4n) is 1.26. The molecule has 4 nitrogen and oxygen atoms in total. The molecule has 1 aromatic rings. The summed E-state index contributed by atoms with van der Waals surface area (Å²) in [5.41, 5.74) is 6.60. The molecule has 1 heterocycles. The molecule has 0 aromatic carbocycles. The summed E-state index contributed by atoms with van der Waals surface area (Å²) in [5, 5.41) is 0. The number of methoxy groups -OCH3 is 1. The van der Waals surface area contributed by atoms with Crippen LogP contribution in [0.2, 0.25) is 0 Å². The SMILES string of the molecule is COc1nc(C)ncc1CC(C)(C)N. The van der Waals surface area contributed by atoms with Crippen LogP contribution in [0.3, 0.4) is 0 Å². The van der Waals surface area contributed by atoms with Gasteiger partial charge in [-0.05, 0) is 27.2 Å². The molecule has 14 heavy (non-hydrogen) atoms. The molecule has 0 aliphatic heterocycles. The maximum absolute atomic E-state index is 5.92. The Morgan fingerprint density at radius 3 is 2.64 bits per heavy atom. The molecule has 1 aromatic heterocycles. The molecule has 0 fully saturated rings. The molecule has 0 saturated carbocycles. The zero-order valence-corrected chi connectivity index (χ0v) is 9.16. The molecule has 1 rings (SSSR count). The van der Waals surface area contributed by atoms with E-state index in [4.69, 9.17) is 10.5 Å². The number of aryl methyl sites for hydroxylation is 1. The van der Waals surface area contributed by atoms with Gasteiger partial charge in [-0.2, -0.15) is 4.98 Å². The molecular weight excluding hydrogens is 178 g/mol. The van der Waals surface area contributed by atoms with E-state index in [2.05, 4.69) is 9.97 Å². The Labute approximate surface area is 84.5 Å². The van der Waals surface area contributed by atoms with Crippen LogP contribution in [0.15, 0.2) is 6.20 Å². The van der Waals surface area contributed by atoms with Crippen molar-refractivity contribution >= 4 is 0 Å². The van der Waals surface area contributed by atoms with Crippen LogP contribution in [0.1, 0.15) is 25.2 Å². The third-order valence-electron chi connectivity index (χ3n) is 1.78. The van der Waals surface area contributed by atoms with Gasteiger partial charge in [0.25, 0.3) is 0 Å². The molecule has 0 atom stereocenters. The summed E-state index contributed by atoms with van der Waals surface area (Å²) in [7, 11) is 1.61. The van der Waals surface area contributed by atoms with Gasteiger partial charge in [-0.3, -0.25) is 0 Å². The summed E-state index contributed by atoms with van der Waals surface area (Å²) in [6.45, 7) is 5.76. The Kier molecular flexibility index (Phi) is 3.06. The van der Waals surface area contributed by atoms with Crippen LogP contribution in [-0.4, -0.2) is 22.6 Å². The van der Waals surface area contributed by atoms with Crippen molar-refractivity contribution in [2.75, 3.05) is 7.11 Å². The van der Waals surface area contributed by atoms with E-state index < -0.39 is 0 Å². The van der Waals surface area contributed by atoms with E-state index in [1.54, 1.807) is 13.3 Å². The minimum Gasteiger partial charge on any atom is -0.481 e. The molecule has 0 unspecified atom stereocenters. The first-order chi connectivity index (χ1) is 6.42. The van der Waals surface area contributed by atoms with E-state index in [-0.39, 0.29) is 5.54 Å². The quantitative estimate of drug-likeness (QED) is 0.783. The molecule has 0 amide bonds. The minimum absolute atomic E-state index is 0.272. The second-order valence-corrected chi connectivity index (χ2v) is 4.12. The highest BCUT2D eigenvalue weighted by molar-refractivity contribution is 5.25. The Morgan fingerprint density at radius 2 is 2.14 bits per heavy atom. The van der Waals surface area contributed by atoms with Crippen molar-refractivity contribution < 1.29 is 4.74 Å². The lowest BCUT2D eigenvalue weighted by Crippen LogP contribution is -2.34. The first-order valence-electron chi connectivity index (χ1n) is 4.58. The molecule has 78 valence electrons. The van der Waals surface area contributed by atoms with Crippen LogP contribution in [0.25, 0.3) is 0 Å². The molecule has 2 N–H and O–H groups in total. The Hall–Kier alpha value is -1.16. The molecule has 4 heteroatoms. The van der Waals surface area contributed by atoms with Gasteiger partial charge >= 0.3 is 0 Å². The van der Waals surface area contributed by atoms with Crippen LogP contribution in [0, 0.1) is 6.92 Å². The van der Waals surface area contributed by atoms with Gasteiger partial charge in [-0.1, -0.05) is 0 Å². The normalized spacial score (nSPS) is 11.5. The van der Waals surface area contributed by atoms with E-state index in [0.717, 1.165) is 5.56 Å². The average molecular weight is 195 g/mol. The largest absolute Gasteiger partial charge is 0.481 e. The predicted octanol–water partition coefficient (Wildman–Crippen LogP) is 1.07. The van der Waals surface area contributed by atoms with E-state index in [0.29, 0.717) is 18.1 Å². The lowest BCUT2D eigenvalue weighted by molar-refractivity contribution is 0.383. The van der Waals surface area contributed by atoms with Crippen LogP contribution in [-0.2, 0) is 6.42 Å². The lowest BCUT2D eigenvalue weighted by atomic mass is 9.98. The van der Waals surface area contributed by atoms with Gasteiger partial charge in [0.05, 0.1) is 7.11 Å². The van der Waals surface area contributed by atoms with Crippen LogP contribution in [0.4, 0.5) is 0 Å². The number of aromatic nitrogens is 2. The van der Waals surface area contributed by atoms with Gasteiger partial charge in [0, 0.05) is 17.3 Å². The van der Waals surface area contributed by atoms with E-state index >= 15 is 0 Å². The van der Waals surface area contributed by atoms with Gasteiger partial charge in [0.2, 0.25) is 5.88 Å². The number of hydrogen-bond acceptors (Lipinski definition) is 4. The number of nitrogens with two attached hydrogens (primary N) is 1. The molecule has 0 radical (unpaired) electrons. The second-order valence-electron chi connectivity index (χ2n) is 4.12. The van der Waals surface area contributed by atoms with Crippen molar-refractivity contribution in [1.29, 1.82) is 0 Å². The zero-order valence-electron chi connectivity index (χ0n) is 9.16. The fourth-order valence-corrected chi connectivity index (χ4v) is 1.26. The molecule has 0 bridgehead atoms. The highest BCUT2D eigenvalue weighted by Gasteiger charge is 2.16. The summed E-state index contributed by atoms with van der Waals surface area (Å²) in [5.74, 6) is 1.33. The zero-order chi connectivity index (χ0) is 10.8. The van der Waals surface area contributed by atoms with Crippen molar-refractivity contribution in [3.63, 3.8) is 0 Å². The third kappa shape index (κ3) is 2.96. The topological polar surface area (TPSA) is 61.0 Å². The number of hydrogen-bond donors (Lipinski definition) is 1. The smallest absolute Gasteiger partial charge is 0.219 e. The second kappa shape index (κ2) is 3.92. The van der Waals surface area contributed by atoms with Crippen molar-refractivity contribution in [2.45, 2.75) is 32.7 Å². The number of nitrogens with zero attached hydrogens (tertiary/aromatic N) is 2. The third-order valence-corrected chi connectivity index (χ3v) is 1.78. The summed E-state index contributed by atoms with van der Waals surface area (Å²) in [4.78, 5) is 8.31. The molecule has 0 saturated heterocycles. The molecule has 0 aliphatic rings. The van der Waals surface area contributed by atoms with Gasteiger partial charge in [0.15, 0.2) is 0 Å². The van der Waals surface area contributed by atoms with Crippen molar-refractivity contribution in [1.82, 2.24) is 9.97 Å². The maximum Gasteiger partial charge on any atom is 0.219 e. The first-order valence-corrected chi connectivity index (χ1v) is 4.58. The fraction of sp³-hybridized carbons (Fsp3) is 0.600. The Morgan fingerprint density at radius 1 is 1.50 bits per heavy atom. The van der Waals surface area contributed by atoms with Gasteiger partial charge in [-0.25, -0.2) is 4.98 Å². The molecule has 0 aliphatic carbocycles. The van der Waals surface area contributed by atoms with Crippen molar-refractivity contribution in [3.05, 3.63) is 17.6 Å². The van der Waals surface area contributed by atoms with Crippen LogP contribution < -0.4 is 10.5 Å². The van der Waals surface area contributed by atoms with E-state index in [9.17, 15) is 0 Å². The van der Waals surface area contributed by atoms with Gasteiger partial charge in [0.1, 0.15) is 5.82 Å². The average Bonchev–Trinajstić information content (AvgIpc) is 2.06. The monoisotopic (exact) mass is 195 g/mol. The van der Waals surface area contributed by atoms with Gasteiger partial charge in [-0.15, -0.1) is 0 Å².